The predicted octanol–water partition coefficient (Wildman–Crippen LogP) is 4.61. The van der Waals surface area contributed by atoms with Crippen molar-refractivity contribution in [3.05, 3.63) is 0 Å². The van der Waals surface area contributed by atoms with E-state index >= 15 is 0 Å². The Morgan fingerprint density at radius 3 is 1.12 bits per heavy atom. The molecule has 0 saturated carbocycles. The van der Waals surface area contributed by atoms with Crippen LogP contribution in [0.2, 0.25) is 0 Å². The summed E-state index contributed by atoms with van der Waals surface area (Å²) in [6, 6.07) is 0. The first-order valence-corrected chi connectivity index (χ1v) is 6.14. The second kappa shape index (κ2) is 3.94. The molecule has 0 spiro atoms. The van der Waals surface area contributed by atoms with E-state index in [0.717, 1.165) is 13.8 Å². The van der Waals surface area contributed by atoms with E-state index in [0.29, 0.717) is 0 Å². The van der Waals surface area contributed by atoms with Gasteiger partial charge in [0.15, 0.2) is 0 Å². The summed E-state index contributed by atoms with van der Waals surface area (Å²) in [5, 5.41) is 0. The van der Waals surface area contributed by atoms with Crippen LogP contribution in [-0.2, 0) is 0 Å². The molecular formula is C6H10F8NP. The number of alkyl halides is 6. The van der Waals surface area contributed by atoms with Crippen LogP contribution in [0, 0.1) is 0 Å². The monoisotopic (exact) mass is 279 g/mol. The number of halogens is 8. The van der Waals surface area contributed by atoms with Crippen LogP contribution >= 0.6 is 7.38 Å². The number of hydrogen-bond acceptors (Lipinski definition) is 1. The van der Waals surface area contributed by atoms with Gasteiger partial charge in [-0.2, -0.15) is 0 Å². The molecule has 0 bridgehead atoms. The van der Waals surface area contributed by atoms with Gasteiger partial charge < -0.3 is 0 Å². The maximum absolute atomic E-state index is 13.3. The van der Waals surface area contributed by atoms with Gasteiger partial charge in [-0.15, -0.1) is 0 Å². The number of hydrogen-bond donors (Lipinski definition) is 0. The fourth-order valence-electron chi connectivity index (χ4n) is 1.18. The van der Waals surface area contributed by atoms with E-state index in [4.69, 9.17) is 0 Å². The molecule has 0 aliphatic heterocycles. The molecule has 0 atom stereocenters. The number of nitrogens with zero attached hydrogens (tertiary/aromatic N) is 1. The summed E-state index contributed by atoms with van der Waals surface area (Å²) >= 11 is 0. The molecule has 0 aromatic rings. The Morgan fingerprint density at radius 2 is 1.06 bits per heavy atom. The summed E-state index contributed by atoms with van der Waals surface area (Å²) in [6.45, 7) is -0.413. The van der Waals surface area contributed by atoms with Crippen LogP contribution < -0.4 is 0 Å². The van der Waals surface area contributed by atoms with E-state index in [1.165, 1.54) is 0 Å². The minimum absolute atomic E-state index is 0.821. The molecule has 0 unspecified atom stereocenters. The van der Waals surface area contributed by atoms with Crippen molar-refractivity contribution < 1.29 is 34.7 Å². The molecule has 0 fully saturated rings. The Labute approximate surface area is 86.6 Å². The third-order valence-corrected chi connectivity index (χ3v) is 5.38. The first-order chi connectivity index (χ1) is 6.83. The summed E-state index contributed by atoms with van der Waals surface area (Å²) in [4.78, 5) is 0. The SMILES string of the molecule is CCN(CC)P(F)(F)(C(F)(F)F)C(F)(F)F. The molecule has 0 aliphatic rings. The second-order valence-corrected chi connectivity index (χ2v) is 6.25. The molecule has 0 aliphatic carbocycles. The standard InChI is InChI=1S/C6H10F8NP/c1-3-15(4-2)16(13,14,5(7,8)9)6(10,11)12/h3-4H2,1-2H3. The van der Waals surface area contributed by atoms with Crippen LogP contribution in [0.5, 0.6) is 0 Å². The Morgan fingerprint density at radius 1 is 0.812 bits per heavy atom. The maximum atomic E-state index is 13.3. The summed E-state index contributed by atoms with van der Waals surface area (Å²) in [7, 11) is -8.94. The molecule has 1 nitrogen and oxygen atoms in total. The fraction of sp³-hybridized carbons (Fsp3) is 1.00. The van der Waals surface area contributed by atoms with Gasteiger partial charge in [-0.1, -0.05) is 0 Å². The van der Waals surface area contributed by atoms with Gasteiger partial charge in [-0.25, -0.2) is 0 Å². The van der Waals surface area contributed by atoms with E-state index in [1.54, 1.807) is 0 Å². The van der Waals surface area contributed by atoms with Crippen LogP contribution in [0.25, 0.3) is 0 Å². The fourth-order valence-corrected chi connectivity index (χ4v) is 3.11. The molecule has 0 aromatic carbocycles. The predicted molar refractivity (Wildman–Crippen MR) is 44.2 cm³/mol. The Hall–Kier alpha value is -0.170. The normalized spacial score (nSPS) is 17.3. The molecule has 10 heteroatoms. The Bertz CT molecular complexity index is 234. The van der Waals surface area contributed by atoms with Crippen LogP contribution in [-0.4, -0.2) is 29.6 Å². The second-order valence-electron chi connectivity index (χ2n) is 2.94. The molecule has 0 rings (SSSR count). The van der Waals surface area contributed by atoms with Crippen LogP contribution in [0.15, 0.2) is 0 Å². The van der Waals surface area contributed by atoms with E-state index in [1.807, 2.05) is 0 Å². The first-order valence-electron chi connectivity index (χ1n) is 4.17. The van der Waals surface area contributed by atoms with Crippen molar-refractivity contribution in [1.29, 1.82) is 0 Å². The first kappa shape index (κ1) is 15.8. The summed E-state index contributed by atoms with van der Waals surface area (Å²) < 4.78 is 98.7. The van der Waals surface area contributed by atoms with Gasteiger partial charge in [-0.3, -0.25) is 0 Å². The van der Waals surface area contributed by atoms with Crippen LogP contribution in [0.1, 0.15) is 13.8 Å². The van der Waals surface area contributed by atoms with E-state index in [9.17, 15) is 34.7 Å². The quantitative estimate of drug-likeness (QED) is 0.539. The van der Waals surface area contributed by atoms with Gasteiger partial charge >= 0.3 is 85.6 Å². The van der Waals surface area contributed by atoms with Crippen molar-refractivity contribution in [1.82, 2.24) is 4.67 Å². The van der Waals surface area contributed by atoms with Gasteiger partial charge in [0.2, 0.25) is 0 Å². The Kier molecular flexibility index (Phi) is 3.90. The topological polar surface area (TPSA) is 3.24 Å². The van der Waals surface area contributed by atoms with E-state index in [-0.39, 0.29) is 0 Å². The molecule has 100 valence electrons. The zero-order valence-electron chi connectivity index (χ0n) is 8.33. The molecule has 0 amide bonds. The number of rotatable bonds is 3. The van der Waals surface area contributed by atoms with Crippen LogP contribution in [0.3, 0.4) is 0 Å². The summed E-state index contributed by atoms with van der Waals surface area (Å²) in [5.41, 5.74) is 0. The molecule has 0 aromatic heterocycles. The van der Waals surface area contributed by atoms with Crippen molar-refractivity contribution in [2.24, 2.45) is 0 Å². The van der Waals surface area contributed by atoms with Crippen molar-refractivity contribution in [2.45, 2.75) is 25.7 Å². The summed E-state index contributed by atoms with van der Waals surface area (Å²) in [6.07, 6.45) is 0. The van der Waals surface area contributed by atoms with E-state index in [2.05, 4.69) is 0 Å². The third-order valence-electron chi connectivity index (χ3n) is 2.09. The van der Waals surface area contributed by atoms with Crippen LogP contribution in [0.4, 0.5) is 34.7 Å². The van der Waals surface area contributed by atoms with Gasteiger partial charge in [0.25, 0.3) is 0 Å². The van der Waals surface area contributed by atoms with Crippen molar-refractivity contribution in [2.75, 3.05) is 13.1 Å². The average Bonchev–Trinajstić information content (AvgIpc) is 2.01. The zero-order chi connectivity index (χ0) is 13.4. The minimum atomic E-state index is -8.94. The summed E-state index contributed by atoms with van der Waals surface area (Å²) in [5.74, 6) is -13.2. The van der Waals surface area contributed by atoms with Crippen molar-refractivity contribution >= 4 is 7.38 Å². The van der Waals surface area contributed by atoms with Crippen molar-refractivity contribution in [3.8, 4) is 0 Å². The average molecular weight is 279 g/mol. The molecule has 0 saturated heterocycles. The molecule has 0 N–H and O–H groups in total. The molecule has 0 radical (unpaired) electrons. The third kappa shape index (κ3) is 1.77. The van der Waals surface area contributed by atoms with Gasteiger partial charge in [0.05, 0.1) is 0 Å². The van der Waals surface area contributed by atoms with Gasteiger partial charge in [0.1, 0.15) is 0 Å². The molecule has 0 heterocycles. The Balaban J connectivity index is 5.91. The molecular weight excluding hydrogens is 269 g/mol. The van der Waals surface area contributed by atoms with Gasteiger partial charge in [0, 0.05) is 0 Å². The zero-order valence-corrected chi connectivity index (χ0v) is 9.23. The van der Waals surface area contributed by atoms with Gasteiger partial charge in [-0.05, 0) is 0 Å². The van der Waals surface area contributed by atoms with E-state index < -0.39 is 37.0 Å². The van der Waals surface area contributed by atoms with Crippen molar-refractivity contribution in [3.63, 3.8) is 0 Å². The molecule has 16 heavy (non-hydrogen) atoms.